The maximum atomic E-state index is 9.19. The molecule has 0 aliphatic heterocycles. The maximum absolute atomic E-state index is 9.19. The van der Waals surface area contributed by atoms with Crippen LogP contribution in [0.15, 0.2) is 18.3 Å². The summed E-state index contributed by atoms with van der Waals surface area (Å²) in [6.07, 6.45) is 1.74. The van der Waals surface area contributed by atoms with Crippen molar-refractivity contribution in [2.24, 2.45) is 5.41 Å². The van der Waals surface area contributed by atoms with Crippen LogP contribution in [0.3, 0.4) is 0 Å². The molecule has 0 unspecified atom stereocenters. The number of nitrogens with zero attached hydrogens (tertiary/aromatic N) is 1. The molecule has 0 aliphatic carbocycles. The van der Waals surface area contributed by atoms with Gasteiger partial charge in [-0.3, -0.25) is 5.10 Å². The Morgan fingerprint density at radius 3 is 2.94 bits per heavy atom. The van der Waals surface area contributed by atoms with Crippen LogP contribution >= 0.6 is 0 Å². The smallest absolute Gasteiger partial charge is 0.0672 e. The van der Waals surface area contributed by atoms with E-state index in [1.165, 1.54) is 0 Å². The number of hydrogen-bond donors (Lipinski definition) is 4. The number of H-pyrrole nitrogens is 1. The summed E-state index contributed by atoms with van der Waals surface area (Å²) in [6.45, 7) is 4.77. The molecule has 2 rings (SSSR count). The maximum Gasteiger partial charge on any atom is 0.0672 e. The van der Waals surface area contributed by atoms with Gasteiger partial charge in [0.2, 0.25) is 0 Å². The molecule has 0 aliphatic rings. The molecule has 0 radical (unpaired) electrons. The van der Waals surface area contributed by atoms with Gasteiger partial charge >= 0.3 is 0 Å². The van der Waals surface area contributed by atoms with Gasteiger partial charge in [0.15, 0.2) is 0 Å². The summed E-state index contributed by atoms with van der Waals surface area (Å²) in [5, 5.41) is 20.3. The first kappa shape index (κ1) is 11.7. The van der Waals surface area contributed by atoms with Crippen molar-refractivity contribution in [2.75, 3.05) is 24.2 Å². The van der Waals surface area contributed by atoms with E-state index in [1.807, 2.05) is 26.0 Å². The number of nitrogen functional groups attached to an aromatic ring is 1. The Balaban J connectivity index is 2.20. The van der Waals surface area contributed by atoms with Gasteiger partial charge < -0.3 is 16.2 Å². The Kier molecular flexibility index (Phi) is 2.93. The number of nitrogens with one attached hydrogen (secondary N) is 2. The number of aliphatic hydroxyl groups excluding tert-OH is 1. The van der Waals surface area contributed by atoms with Crippen LogP contribution in [-0.4, -0.2) is 28.5 Å². The molecular formula is C12H18N4O. The molecule has 1 aromatic heterocycles. The topological polar surface area (TPSA) is 87.0 Å². The van der Waals surface area contributed by atoms with Crippen LogP contribution in [0.1, 0.15) is 13.8 Å². The highest BCUT2D eigenvalue weighted by Crippen LogP contribution is 2.26. The lowest BCUT2D eigenvalue weighted by Crippen LogP contribution is -2.27. The van der Waals surface area contributed by atoms with Crippen LogP contribution in [0.4, 0.5) is 11.4 Å². The number of rotatable bonds is 4. The van der Waals surface area contributed by atoms with Crippen molar-refractivity contribution >= 4 is 22.3 Å². The van der Waals surface area contributed by atoms with E-state index in [-0.39, 0.29) is 12.0 Å². The normalized spacial score (nSPS) is 11.9. The van der Waals surface area contributed by atoms with E-state index in [2.05, 4.69) is 15.5 Å². The average Bonchev–Trinajstić information content (AvgIpc) is 2.73. The summed E-state index contributed by atoms with van der Waals surface area (Å²) in [6, 6.07) is 3.82. The quantitative estimate of drug-likeness (QED) is 0.605. The predicted molar refractivity (Wildman–Crippen MR) is 69.9 cm³/mol. The zero-order valence-electron chi connectivity index (χ0n) is 10.1. The average molecular weight is 234 g/mol. The van der Waals surface area contributed by atoms with E-state index >= 15 is 0 Å². The van der Waals surface area contributed by atoms with Crippen molar-refractivity contribution in [1.82, 2.24) is 10.2 Å². The van der Waals surface area contributed by atoms with Gasteiger partial charge in [0, 0.05) is 24.0 Å². The lowest BCUT2D eigenvalue weighted by molar-refractivity contribution is 0.171. The predicted octanol–water partition coefficient (Wildman–Crippen LogP) is 1.58. The molecule has 0 fully saturated rings. The molecule has 2 aromatic rings. The molecule has 0 atom stereocenters. The molecule has 1 aromatic carbocycles. The Morgan fingerprint density at radius 2 is 2.24 bits per heavy atom. The highest BCUT2D eigenvalue weighted by Gasteiger charge is 2.16. The summed E-state index contributed by atoms with van der Waals surface area (Å²) in [4.78, 5) is 0. The van der Waals surface area contributed by atoms with Gasteiger partial charge in [-0.05, 0) is 12.1 Å². The molecule has 5 nitrogen and oxygen atoms in total. The van der Waals surface area contributed by atoms with Crippen LogP contribution in [0.25, 0.3) is 10.9 Å². The highest BCUT2D eigenvalue weighted by atomic mass is 16.3. The summed E-state index contributed by atoms with van der Waals surface area (Å²) >= 11 is 0. The molecule has 17 heavy (non-hydrogen) atoms. The zero-order valence-corrected chi connectivity index (χ0v) is 10.1. The van der Waals surface area contributed by atoms with Gasteiger partial charge in [0.25, 0.3) is 0 Å². The Hall–Kier alpha value is -1.75. The van der Waals surface area contributed by atoms with Crippen molar-refractivity contribution in [2.45, 2.75) is 13.8 Å². The van der Waals surface area contributed by atoms with Gasteiger partial charge in [-0.1, -0.05) is 13.8 Å². The zero-order chi connectivity index (χ0) is 12.5. The van der Waals surface area contributed by atoms with Gasteiger partial charge in [0.1, 0.15) is 0 Å². The molecule has 1 heterocycles. The lowest BCUT2D eigenvalue weighted by atomic mass is 9.95. The minimum atomic E-state index is -0.171. The molecule has 0 saturated carbocycles. The fourth-order valence-electron chi connectivity index (χ4n) is 1.55. The van der Waals surface area contributed by atoms with E-state index in [0.717, 1.165) is 16.6 Å². The van der Waals surface area contributed by atoms with E-state index in [1.54, 1.807) is 6.20 Å². The first-order valence-electron chi connectivity index (χ1n) is 5.59. The molecular weight excluding hydrogens is 216 g/mol. The molecule has 0 amide bonds. The third-order valence-corrected chi connectivity index (χ3v) is 2.80. The van der Waals surface area contributed by atoms with Crippen molar-refractivity contribution in [3.63, 3.8) is 0 Å². The van der Waals surface area contributed by atoms with E-state index in [4.69, 9.17) is 5.73 Å². The number of aromatic amines is 1. The van der Waals surface area contributed by atoms with E-state index < -0.39 is 0 Å². The Bertz CT molecular complexity index is 518. The number of aliphatic hydroxyl groups is 1. The summed E-state index contributed by atoms with van der Waals surface area (Å²) in [5.41, 5.74) is 8.28. The number of hydrogen-bond acceptors (Lipinski definition) is 4. The third-order valence-electron chi connectivity index (χ3n) is 2.80. The molecule has 0 spiro atoms. The highest BCUT2D eigenvalue weighted by molar-refractivity contribution is 5.88. The van der Waals surface area contributed by atoms with Crippen LogP contribution in [0.2, 0.25) is 0 Å². The van der Waals surface area contributed by atoms with Crippen molar-refractivity contribution in [1.29, 1.82) is 0 Å². The van der Waals surface area contributed by atoms with Crippen LogP contribution < -0.4 is 11.1 Å². The number of nitrogens with two attached hydrogens (primary N) is 1. The van der Waals surface area contributed by atoms with Gasteiger partial charge in [-0.2, -0.15) is 5.10 Å². The van der Waals surface area contributed by atoms with E-state index in [9.17, 15) is 5.11 Å². The standard InChI is InChI=1S/C12H18N4O/c1-12(2,7-17)6-14-11-4-10-8(3-9(11)13)5-15-16-10/h3-5,14,17H,6-7,13H2,1-2H3,(H,15,16). The number of fused-ring (bicyclic) bond motifs is 1. The second-order valence-corrected chi connectivity index (χ2v) is 5.07. The molecule has 0 bridgehead atoms. The monoisotopic (exact) mass is 234 g/mol. The van der Waals surface area contributed by atoms with Gasteiger partial charge in [-0.15, -0.1) is 0 Å². The largest absolute Gasteiger partial charge is 0.397 e. The van der Waals surface area contributed by atoms with E-state index in [0.29, 0.717) is 12.2 Å². The van der Waals surface area contributed by atoms with Gasteiger partial charge in [0.05, 0.1) is 23.1 Å². The summed E-state index contributed by atoms with van der Waals surface area (Å²) in [7, 11) is 0. The number of aromatic nitrogens is 2. The number of benzene rings is 1. The van der Waals surface area contributed by atoms with Crippen LogP contribution in [0, 0.1) is 5.41 Å². The second-order valence-electron chi connectivity index (χ2n) is 5.07. The SMILES string of the molecule is CC(C)(CO)CNc1cc2[nH]ncc2cc1N. The minimum absolute atomic E-state index is 0.131. The second kappa shape index (κ2) is 4.25. The van der Waals surface area contributed by atoms with Crippen LogP contribution in [-0.2, 0) is 0 Å². The van der Waals surface area contributed by atoms with Gasteiger partial charge in [-0.25, -0.2) is 0 Å². The molecule has 92 valence electrons. The lowest BCUT2D eigenvalue weighted by Gasteiger charge is -2.23. The summed E-state index contributed by atoms with van der Waals surface area (Å²) in [5.74, 6) is 0. The Labute approximate surface area is 100 Å². The summed E-state index contributed by atoms with van der Waals surface area (Å²) < 4.78 is 0. The minimum Gasteiger partial charge on any atom is -0.397 e. The van der Waals surface area contributed by atoms with Crippen LogP contribution in [0.5, 0.6) is 0 Å². The third kappa shape index (κ3) is 2.50. The first-order chi connectivity index (χ1) is 8.02. The molecule has 5 N–H and O–H groups in total. The van der Waals surface area contributed by atoms with Crippen molar-refractivity contribution < 1.29 is 5.11 Å². The molecule has 5 heteroatoms. The van der Waals surface area contributed by atoms with Crippen molar-refractivity contribution in [3.8, 4) is 0 Å². The molecule has 0 saturated heterocycles. The first-order valence-corrected chi connectivity index (χ1v) is 5.59. The Morgan fingerprint density at radius 1 is 1.47 bits per heavy atom. The van der Waals surface area contributed by atoms with Crippen molar-refractivity contribution in [3.05, 3.63) is 18.3 Å². The fraction of sp³-hybridized carbons (Fsp3) is 0.417. The number of anilines is 2. The fourth-order valence-corrected chi connectivity index (χ4v) is 1.55.